The van der Waals surface area contributed by atoms with E-state index in [1.165, 1.54) is 12.2 Å². The highest BCUT2D eigenvalue weighted by atomic mass is 19.1. The molecule has 3 fully saturated rings. The lowest BCUT2D eigenvalue weighted by Gasteiger charge is -2.59. The Hall–Kier alpha value is -1.53. The number of hydrogen-bond donors (Lipinski definition) is 3. The zero-order valence-corrected chi connectivity index (χ0v) is 16.5. The number of halogens is 1. The number of fused-ring (bicyclic) bond motifs is 5. The first kappa shape index (κ1) is 19.8. The molecule has 10 atom stereocenters. The van der Waals surface area contributed by atoms with Crippen molar-refractivity contribution in [3.8, 4) is 0 Å². The molecule has 0 amide bonds. The monoisotopic (exact) mass is 392 g/mol. The van der Waals surface area contributed by atoms with Gasteiger partial charge in [0.2, 0.25) is 0 Å². The first-order valence-corrected chi connectivity index (χ1v) is 10.2. The number of allylic oxidation sites excluding steroid dienone is 4. The van der Waals surface area contributed by atoms with Crippen LogP contribution in [-0.2, 0) is 9.59 Å². The Kier molecular flexibility index (Phi) is 4.40. The van der Waals surface area contributed by atoms with Gasteiger partial charge in [-0.15, -0.1) is 0 Å². The van der Waals surface area contributed by atoms with Gasteiger partial charge in [0.1, 0.15) is 6.17 Å². The molecule has 3 N–H and O–H groups in total. The molecule has 4 aliphatic carbocycles. The van der Waals surface area contributed by atoms with Crippen LogP contribution in [0.2, 0.25) is 0 Å². The summed E-state index contributed by atoms with van der Waals surface area (Å²) in [4.78, 5) is 23.3. The zero-order valence-electron chi connectivity index (χ0n) is 16.5. The van der Waals surface area contributed by atoms with Crippen LogP contribution in [0.3, 0.4) is 0 Å². The van der Waals surface area contributed by atoms with Crippen molar-refractivity contribution < 1.29 is 29.3 Å². The van der Waals surface area contributed by atoms with Crippen molar-refractivity contribution in [3.63, 3.8) is 0 Å². The van der Waals surface area contributed by atoms with Crippen LogP contribution in [0.5, 0.6) is 0 Å². The van der Waals surface area contributed by atoms with E-state index >= 15 is 4.39 Å². The van der Waals surface area contributed by atoms with E-state index in [9.17, 15) is 24.9 Å². The van der Waals surface area contributed by atoms with Crippen molar-refractivity contribution in [2.75, 3.05) is 0 Å². The number of carboxylic acid groups (broad SMARTS) is 1. The van der Waals surface area contributed by atoms with Crippen LogP contribution in [0.15, 0.2) is 23.8 Å². The van der Waals surface area contributed by atoms with Gasteiger partial charge in [0.25, 0.3) is 0 Å². The van der Waals surface area contributed by atoms with Crippen LogP contribution in [0, 0.1) is 40.4 Å². The molecule has 0 heterocycles. The van der Waals surface area contributed by atoms with E-state index in [0.29, 0.717) is 18.4 Å². The Morgan fingerprint density at radius 3 is 2.64 bits per heavy atom. The second-order valence-electron chi connectivity index (χ2n) is 9.92. The third-order valence-corrected chi connectivity index (χ3v) is 8.50. The lowest BCUT2D eigenvalue weighted by atomic mass is 9.46. The molecule has 4 rings (SSSR count). The minimum Gasteiger partial charge on any atom is -0.479 e. The molecule has 0 saturated heterocycles. The zero-order chi connectivity index (χ0) is 20.6. The molecule has 0 aliphatic heterocycles. The molecule has 4 aliphatic rings. The van der Waals surface area contributed by atoms with Gasteiger partial charge in [0.05, 0.1) is 6.10 Å². The fraction of sp³-hybridized carbons (Fsp3) is 0.727. The predicted molar refractivity (Wildman–Crippen MR) is 100.0 cm³/mol. The lowest BCUT2D eigenvalue weighted by Crippen LogP contribution is -2.58. The first-order valence-electron chi connectivity index (χ1n) is 10.2. The summed E-state index contributed by atoms with van der Waals surface area (Å²) in [5.41, 5.74) is -0.829. The van der Waals surface area contributed by atoms with Gasteiger partial charge in [-0.3, -0.25) is 4.79 Å². The molecule has 5 nitrogen and oxygen atoms in total. The highest BCUT2D eigenvalue weighted by Gasteiger charge is 2.65. The lowest BCUT2D eigenvalue weighted by molar-refractivity contribution is -0.163. The highest BCUT2D eigenvalue weighted by molar-refractivity contribution is 6.01. The summed E-state index contributed by atoms with van der Waals surface area (Å²) >= 11 is 0. The van der Waals surface area contributed by atoms with Crippen molar-refractivity contribution >= 4 is 11.8 Å². The number of carbonyl (C=O) groups excluding carboxylic acids is 1. The second kappa shape index (κ2) is 6.23. The van der Waals surface area contributed by atoms with Crippen LogP contribution in [-0.4, -0.2) is 45.5 Å². The van der Waals surface area contributed by atoms with Gasteiger partial charge in [-0.1, -0.05) is 26.8 Å². The van der Waals surface area contributed by atoms with Crippen molar-refractivity contribution in [2.24, 2.45) is 40.4 Å². The Labute approximate surface area is 164 Å². The van der Waals surface area contributed by atoms with Gasteiger partial charge in [0, 0.05) is 17.3 Å². The van der Waals surface area contributed by atoms with Crippen LogP contribution in [0.4, 0.5) is 4.39 Å². The summed E-state index contributed by atoms with van der Waals surface area (Å²) in [6.45, 7) is 5.81. The number of aliphatic carboxylic acids is 1. The van der Waals surface area contributed by atoms with Crippen molar-refractivity contribution in [3.05, 3.63) is 23.8 Å². The third-order valence-electron chi connectivity index (χ3n) is 8.50. The maximum atomic E-state index is 15.2. The molecule has 0 aromatic carbocycles. The average molecular weight is 392 g/mol. The van der Waals surface area contributed by atoms with E-state index in [1.54, 1.807) is 6.08 Å². The van der Waals surface area contributed by atoms with E-state index in [-0.39, 0.29) is 35.9 Å². The van der Waals surface area contributed by atoms with Crippen molar-refractivity contribution in [1.82, 2.24) is 0 Å². The number of rotatable bonds is 2. The minimum absolute atomic E-state index is 0.0255. The number of ketones is 1. The molecular formula is C22H29FO5. The normalized spacial score (nSPS) is 51.0. The minimum atomic E-state index is -1.49. The second-order valence-corrected chi connectivity index (χ2v) is 9.92. The number of aliphatic hydroxyl groups is 2. The standard InChI is InChI=1S/C22H29FO5/c1-10-6-13-12-8-15(23)14-7-11(24)4-5-21(14,2)18(12)16(25)9-22(13,3)17(10)19(26)20(27)28/h4-5,7,10,12-13,15-19,25-26H,6,8-9H2,1-3H3,(H,27,28)/t10?,12-,13-,15?,16?,17+,18+,19?,21-,22-/m0/s1. The average Bonchev–Trinajstić information content (AvgIpc) is 2.85. The van der Waals surface area contributed by atoms with Crippen LogP contribution >= 0.6 is 0 Å². The molecule has 154 valence electrons. The first-order chi connectivity index (χ1) is 13.0. The summed E-state index contributed by atoms with van der Waals surface area (Å²) in [7, 11) is 0. The summed E-state index contributed by atoms with van der Waals surface area (Å²) < 4.78 is 15.2. The quantitative estimate of drug-likeness (QED) is 0.671. The van der Waals surface area contributed by atoms with E-state index in [2.05, 4.69) is 0 Å². The van der Waals surface area contributed by atoms with E-state index < -0.39 is 41.1 Å². The summed E-state index contributed by atoms with van der Waals surface area (Å²) in [5.74, 6) is -2.29. The van der Waals surface area contributed by atoms with E-state index in [4.69, 9.17) is 0 Å². The molecule has 28 heavy (non-hydrogen) atoms. The molecule has 6 heteroatoms. The molecule has 0 radical (unpaired) electrons. The van der Waals surface area contributed by atoms with Gasteiger partial charge in [0.15, 0.2) is 11.9 Å². The SMILES string of the molecule is CC1C[C@H]2[C@@H]3CC(F)C4=CC(=O)C=C[C@]4(C)[C@H]3C(O)C[C@]2(C)[C@H]1C(O)C(=O)O. The summed E-state index contributed by atoms with van der Waals surface area (Å²) in [6.07, 6.45) is 2.42. The molecule has 3 saturated carbocycles. The highest BCUT2D eigenvalue weighted by Crippen LogP contribution is 2.67. The Bertz CT molecular complexity index is 775. The molecule has 0 aromatic rings. The molecule has 0 spiro atoms. The maximum absolute atomic E-state index is 15.2. The molecule has 0 bridgehead atoms. The molecular weight excluding hydrogens is 363 g/mol. The smallest absolute Gasteiger partial charge is 0.332 e. The predicted octanol–water partition coefficient (Wildman–Crippen LogP) is 2.52. The van der Waals surface area contributed by atoms with Crippen molar-refractivity contribution in [2.45, 2.75) is 58.4 Å². The van der Waals surface area contributed by atoms with Crippen LogP contribution in [0.1, 0.15) is 40.0 Å². The number of aliphatic hydroxyl groups excluding tert-OH is 2. The topological polar surface area (TPSA) is 94.8 Å². The van der Waals surface area contributed by atoms with Crippen LogP contribution in [0.25, 0.3) is 0 Å². The Balaban J connectivity index is 1.76. The fourth-order valence-corrected chi connectivity index (χ4v) is 7.56. The Morgan fingerprint density at radius 2 is 2.00 bits per heavy atom. The fourth-order valence-electron chi connectivity index (χ4n) is 7.56. The molecule has 0 aromatic heterocycles. The Morgan fingerprint density at radius 1 is 1.32 bits per heavy atom. The van der Waals surface area contributed by atoms with Gasteiger partial charge >= 0.3 is 5.97 Å². The van der Waals surface area contributed by atoms with Gasteiger partial charge in [-0.25, -0.2) is 9.18 Å². The van der Waals surface area contributed by atoms with Gasteiger partial charge in [-0.2, -0.15) is 0 Å². The number of hydrogen-bond acceptors (Lipinski definition) is 4. The number of carboxylic acids is 1. The largest absolute Gasteiger partial charge is 0.479 e. The van der Waals surface area contributed by atoms with Crippen LogP contribution < -0.4 is 0 Å². The van der Waals surface area contributed by atoms with E-state index in [1.807, 2.05) is 20.8 Å². The summed E-state index contributed by atoms with van der Waals surface area (Å²) in [6, 6.07) is 0. The van der Waals surface area contributed by atoms with Gasteiger partial charge in [-0.05, 0) is 60.2 Å². The molecule has 4 unspecified atom stereocenters. The van der Waals surface area contributed by atoms with E-state index in [0.717, 1.165) is 0 Å². The third kappa shape index (κ3) is 2.50. The maximum Gasteiger partial charge on any atom is 0.332 e. The number of alkyl halides is 1. The summed E-state index contributed by atoms with van der Waals surface area (Å²) in [5, 5.41) is 31.0. The van der Waals surface area contributed by atoms with Crippen molar-refractivity contribution in [1.29, 1.82) is 0 Å². The van der Waals surface area contributed by atoms with Gasteiger partial charge < -0.3 is 15.3 Å². The number of carbonyl (C=O) groups is 2.